The third-order valence-electron chi connectivity index (χ3n) is 3.03. The first-order chi connectivity index (χ1) is 9.61. The van der Waals surface area contributed by atoms with Crippen molar-refractivity contribution >= 4 is 22.5 Å². The second kappa shape index (κ2) is 6.60. The van der Waals surface area contributed by atoms with Gasteiger partial charge in [0.2, 0.25) is 0 Å². The monoisotopic (exact) mass is 297 g/mol. The number of amides is 2. The van der Waals surface area contributed by atoms with E-state index in [1.165, 1.54) is 0 Å². The number of nitrogens with two attached hydrogens (primary N) is 1. The summed E-state index contributed by atoms with van der Waals surface area (Å²) in [4.78, 5) is 13.6. The van der Waals surface area contributed by atoms with E-state index < -0.39 is 10.8 Å². The van der Waals surface area contributed by atoms with Crippen molar-refractivity contribution in [1.82, 2.24) is 10.2 Å². The van der Waals surface area contributed by atoms with Crippen molar-refractivity contribution in [2.24, 2.45) is 0 Å². The first kappa shape index (κ1) is 14.6. The number of ether oxygens (including phenoxy) is 1. The summed E-state index contributed by atoms with van der Waals surface area (Å²) in [7, 11) is -1.25. The smallest absolute Gasteiger partial charge is 0.317 e. The number of carbonyl (C=O) groups excluding carboxylic acids is 1. The molecular weight excluding hydrogens is 278 g/mol. The SMILES string of the molecule is CCOc1ccc(N)c(S(=O)CCN2CCNC2=O)c1. The summed E-state index contributed by atoms with van der Waals surface area (Å²) in [6.45, 7) is 4.19. The fourth-order valence-electron chi connectivity index (χ4n) is 2.00. The van der Waals surface area contributed by atoms with Gasteiger partial charge in [0, 0.05) is 31.1 Å². The summed E-state index contributed by atoms with van der Waals surface area (Å²) >= 11 is 0. The van der Waals surface area contributed by atoms with E-state index in [-0.39, 0.29) is 6.03 Å². The van der Waals surface area contributed by atoms with Crippen LogP contribution in [0.4, 0.5) is 10.5 Å². The molecule has 0 saturated carbocycles. The fourth-order valence-corrected chi connectivity index (χ4v) is 3.18. The number of anilines is 1. The molecule has 1 aromatic rings. The van der Waals surface area contributed by atoms with Crippen molar-refractivity contribution in [1.29, 1.82) is 0 Å². The van der Waals surface area contributed by atoms with Gasteiger partial charge in [-0.2, -0.15) is 0 Å². The maximum Gasteiger partial charge on any atom is 0.317 e. The molecule has 7 heteroatoms. The highest BCUT2D eigenvalue weighted by atomic mass is 32.2. The molecule has 6 nitrogen and oxygen atoms in total. The molecule has 20 heavy (non-hydrogen) atoms. The van der Waals surface area contributed by atoms with E-state index in [2.05, 4.69) is 5.32 Å². The third kappa shape index (κ3) is 3.41. The average molecular weight is 297 g/mol. The van der Waals surface area contributed by atoms with Gasteiger partial charge >= 0.3 is 6.03 Å². The number of hydrogen-bond donors (Lipinski definition) is 2. The summed E-state index contributed by atoms with van der Waals surface area (Å²) in [5.41, 5.74) is 6.34. The van der Waals surface area contributed by atoms with E-state index in [0.29, 0.717) is 48.3 Å². The number of carbonyl (C=O) groups is 1. The molecule has 1 aliphatic rings. The lowest BCUT2D eigenvalue weighted by Gasteiger charge is -2.14. The van der Waals surface area contributed by atoms with Gasteiger partial charge in [-0.1, -0.05) is 0 Å². The number of benzene rings is 1. The van der Waals surface area contributed by atoms with Gasteiger partial charge in [0.25, 0.3) is 0 Å². The zero-order valence-electron chi connectivity index (χ0n) is 11.4. The predicted molar refractivity (Wildman–Crippen MR) is 78.3 cm³/mol. The van der Waals surface area contributed by atoms with Gasteiger partial charge in [-0.3, -0.25) is 4.21 Å². The van der Waals surface area contributed by atoms with Gasteiger partial charge in [-0.25, -0.2) is 4.79 Å². The number of nitrogen functional groups attached to an aromatic ring is 1. The van der Waals surface area contributed by atoms with E-state index in [1.54, 1.807) is 23.1 Å². The second-order valence-electron chi connectivity index (χ2n) is 4.40. The highest BCUT2D eigenvalue weighted by molar-refractivity contribution is 7.85. The van der Waals surface area contributed by atoms with E-state index in [9.17, 15) is 9.00 Å². The quantitative estimate of drug-likeness (QED) is 0.761. The van der Waals surface area contributed by atoms with Crippen molar-refractivity contribution < 1.29 is 13.7 Å². The minimum Gasteiger partial charge on any atom is -0.494 e. The standard InChI is InChI=1S/C13H19N3O3S/c1-2-19-10-3-4-11(14)12(9-10)20(18)8-7-16-6-5-15-13(16)17/h3-4,9H,2,5-8,14H2,1H3,(H,15,17). The van der Waals surface area contributed by atoms with Crippen LogP contribution in [-0.4, -0.2) is 47.1 Å². The van der Waals surface area contributed by atoms with Crippen LogP contribution in [0.25, 0.3) is 0 Å². The molecule has 1 aliphatic heterocycles. The molecule has 1 saturated heterocycles. The summed E-state index contributed by atoms with van der Waals surface area (Å²) in [5, 5.41) is 2.71. The molecule has 0 aromatic heterocycles. The molecule has 1 heterocycles. The Hall–Kier alpha value is -1.76. The van der Waals surface area contributed by atoms with Crippen LogP contribution in [0, 0.1) is 0 Å². The van der Waals surface area contributed by atoms with Crippen LogP contribution in [0.1, 0.15) is 6.92 Å². The molecule has 1 unspecified atom stereocenters. The first-order valence-corrected chi connectivity index (χ1v) is 7.87. The number of urea groups is 1. The maximum atomic E-state index is 12.3. The third-order valence-corrected chi connectivity index (χ3v) is 4.43. The molecular formula is C13H19N3O3S. The lowest BCUT2D eigenvalue weighted by Crippen LogP contribution is -2.31. The van der Waals surface area contributed by atoms with Crippen LogP contribution in [0.3, 0.4) is 0 Å². The fraction of sp³-hybridized carbons (Fsp3) is 0.462. The molecule has 3 N–H and O–H groups in total. The average Bonchev–Trinajstić information content (AvgIpc) is 2.84. The lowest BCUT2D eigenvalue weighted by molar-refractivity contribution is 0.220. The highest BCUT2D eigenvalue weighted by Crippen LogP contribution is 2.23. The molecule has 2 rings (SSSR count). The Balaban J connectivity index is 2.01. The van der Waals surface area contributed by atoms with Crippen LogP contribution in [0.5, 0.6) is 5.75 Å². The van der Waals surface area contributed by atoms with Crippen LogP contribution in [-0.2, 0) is 10.8 Å². The van der Waals surface area contributed by atoms with E-state index >= 15 is 0 Å². The van der Waals surface area contributed by atoms with Crippen LogP contribution in [0.2, 0.25) is 0 Å². The number of hydrogen-bond acceptors (Lipinski definition) is 4. The van der Waals surface area contributed by atoms with E-state index in [1.807, 2.05) is 6.92 Å². The summed E-state index contributed by atoms with van der Waals surface area (Å²) in [6.07, 6.45) is 0. The summed E-state index contributed by atoms with van der Waals surface area (Å²) in [5.74, 6) is 1.02. The predicted octanol–water partition coefficient (Wildman–Crippen LogP) is 0.800. The molecule has 1 aromatic carbocycles. The Morgan fingerprint density at radius 1 is 1.50 bits per heavy atom. The van der Waals surface area contributed by atoms with Crippen molar-refractivity contribution in [2.75, 3.05) is 37.7 Å². The molecule has 0 bridgehead atoms. The van der Waals surface area contributed by atoms with Crippen molar-refractivity contribution in [3.63, 3.8) is 0 Å². The Labute approximate surface area is 120 Å². The number of rotatable bonds is 6. The van der Waals surface area contributed by atoms with Crippen LogP contribution in [0.15, 0.2) is 23.1 Å². The van der Waals surface area contributed by atoms with Gasteiger partial charge < -0.3 is 20.7 Å². The molecule has 0 radical (unpaired) electrons. The van der Waals surface area contributed by atoms with E-state index in [4.69, 9.17) is 10.5 Å². The topological polar surface area (TPSA) is 84.7 Å². The molecule has 0 spiro atoms. The summed E-state index contributed by atoms with van der Waals surface area (Å²) < 4.78 is 17.7. The molecule has 1 atom stereocenters. The largest absolute Gasteiger partial charge is 0.494 e. The van der Waals surface area contributed by atoms with Gasteiger partial charge in [0.15, 0.2) is 0 Å². The van der Waals surface area contributed by atoms with Gasteiger partial charge in [0.1, 0.15) is 5.75 Å². The maximum absolute atomic E-state index is 12.3. The van der Waals surface area contributed by atoms with Crippen LogP contribution < -0.4 is 15.8 Å². The van der Waals surface area contributed by atoms with Gasteiger partial charge in [-0.05, 0) is 25.1 Å². The lowest BCUT2D eigenvalue weighted by atomic mass is 10.3. The summed E-state index contributed by atoms with van der Waals surface area (Å²) in [6, 6.07) is 5.06. The minimum atomic E-state index is -1.25. The molecule has 0 aliphatic carbocycles. The highest BCUT2D eigenvalue weighted by Gasteiger charge is 2.20. The Morgan fingerprint density at radius 2 is 2.30 bits per heavy atom. The molecule has 1 fully saturated rings. The first-order valence-electron chi connectivity index (χ1n) is 6.55. The number of nitrogens with zero attached hydrogens (tertiary/aromatic N) is 1. The minimum absolute atomic E-state index is 0.0990. The van der Waals surface area contributed by atoms with Gasteiger partial charge in [0.05, 0.1) is 22.3 Å². The normalized spacial score (nSPS) is 16.1. The van der Waals surface area contributed by atoms with Crippen molar-refractivity contribution in [3.8, 4) is 5.75 Å². The Bertz CT molecular complexity index is 522. The molecule has 2 amide bonds. The van der Waals surface area contributed by atoms with Crippen LogP contribution >= 0.6 is 0 Å². The Morgan fingerprint density at radius 3 is 2.95 bits per heavy atom. The Kier molecular flexibility index (Phi) is 4.84. The zero-order chi connectivity index (χ0) is 14.5. The van der Waals surface area contributed by atoms with Gasteiger partial charge in [-0.15, -0.1) is 0 Å². The van der Waals surface area contributed by atoms with E-state index in [0.717, 1.165) is 0 Å². The van der Waals surface area contributed by atoms with Crippen molar-refractivity contribution in [3.05, 3.63) is 18.2 Å². The zero-order valence-corrected chi connectivity index (χ0v) is 12.2. The second-order valence-corrected chi connectivity index (χ2v) is 5.94. The van der Waals surface area contributed by atoms with Crippen molar-refractivity contribution in [2.45, 2.75) is 11.8 Å². The molecule has 110 valence electrons. The number of nitrogens with one attached hydrogen (secondary N) is 1.